The molecular formula is C31H40ClFN4O4. The third-order valence-corrected chi connectivity index (χ3v) is 10.5. The van der Waals surface area contributed by atoms with Crippen molar-refractivity contribution in [3.05, 3.63) is 41.2 Å². The van der Waals surface area contributed by atoms with Crippen molar-refractivity contribution in [2.24, 2.45) is 23.7 Å². The zero-order valence-corrected chi connectivity index (χ0v) is 24.5. The minimum atomic E-state index is -1.21. The molecule has 10 heteroatoms. The summed E-state index contributed by atoms with van der Waals surface area (Å²) in [4.78, 5) is 46.0. The molecule has 3 amide bonds. The smallest absolute Gasteiger partial charge is 0.246 e. The van der Waals surface area contributed by atoms with E-state index >= 15 is 0 Å². The van der Waals surface area contributed by atoms with Crippen LogP contribution in [-0.4, -0.2) is 77.5 Å². The highest BCUT2D eigenvalue weighted by molar-refractivity contribution is 6.31. The highest BCUT2D eigenvalue weighted by Gasteiger charge is 2.72. The Morgan fingerprint density at radius 3 is 2.63 bits per heavy atom. The Kier molecular flexibility index (Phi) is 7.89. The predicted octanol–water partition coefficient (Wildman–Crippen LogP) is 4.00. The summed E-state index contributed by atoms with van der Waals surface area (Å²) >= 11 is 5.93. The lowest BCUT2D eigenvalue weighted by atomic mass is 9.73. The monoisotopic (exact) mass is 586 g/mol. The molecule has 41 heavy (non-hydrogen) atoms. The molecule has 2 N–H and O–H groups in total. The van der Waals surface area contributed by atoms with Gasteiger partial charge in [0.05, 0.1) is 23.0 Å². The van der Waals surface area contributed by atoms with Crippen LogP contribution in [0.4, 0.5) is 10.1 Å². The van der Waals surface area contributed by atoms with Crippen molar-refractivity contribution in [2.75, 3.05) is 31.5 Å². The first kappa shape index (κ1) is 28.6. The van der Waals surface area contributed by atoms with Crippen LogP contribution in [0.2, 0.25) is 5.02 Å². The first-order valence-corrected chi connectivity index (χ1v) is 15.5. The summed E-state index contributed by atoms with van der Waals surface area (Å²) in [6, 6.07) is 3.15. The highest BCUT2D eigenvalue weighted by atomic mass is 35.5. The molecule has 3 saturated heterocycles. The van der Waals surface area contributed by atoms with E-state index in [1.54, 1.807) is 4.90 Å². The number of ether oxygens (including phenoxy) is 1. The molecule has 4 aliphatic heterocycles. The minimum absolute atomic E-state index is 0.0330. The lowest BCUT2D eigenvalue weighted by molar-refractivity contribution is -0.142. The molecule has 4 fully saturated rings. The van der Waals surface area contributed by atoms with Gasteiger partial charge < -0.3 is 25.2 Å². The number of amides is 3. The summed E-state index contributed by atoms with van der Waals surface area (Å²) in [6.07, 6.45) is 9.61. The van der Waals surface area contributed by atoms with E-state index < -0.39 is 41.3 Å². The van der Waals surface area contributed by atoms with Crippen LogP contribution in [0.15, 0.2) is 30.4 Å². The first-order chi connectivity index (χ1) is 19.7. The number of rotatable bonds is 7. The number of carbonyl (C=O) groups excluding carboxylic acids is 3. The molecule has 0 radical (unpaired) electrons. The zero-order chi connectivity index (χ0) is 28.9. The molecule has 1 saturated carbocycles. The van der Waals surface area contributed by atoms with E-state index in [9.17, 15) is 18.8 Å². The number of anilines is 1. The Bertz CT molecular complexity index is 1240. The topological polar surface area (TPSA) is 91.0 Å². The van der Waals surface area contributed by atoms with E-state index in [0.29, 0.717) is 30.6 Å². The number of carbonyl (C=O) groups is 3. The molecule has 4 heterocycles. The minimum Gasteiger partial charge on any atom is -0.359 e. The Hall–Kier alpha value is -2.49. The molecular weight excluding hydrogens is 547 g/mol. The summed E-state index contributed by atoms with van der Waals surface area (Å²) in [6.45, 7) is 7.44. The Morgan fingerprint density at radius 2 is 1.88 bits per heavy atom. The van der Waals surface area contributed by atoms with Crippen molar-refractivity contribution in [3.63, 3.8) is 0 Å². The number of hydrogen-bond donors (Lipinski definition) is 2. The van der Waals surface area contributed by atoms with E-state index in [1.807, 2.05) is 12.2 Å². The number of fused-ring (bicyclic) bond motifs is 1. The zero-order valence-electron chi connectivity index (χ0n) is 23.8. The quantitative estimate of drug-likeness (QED) is 0.472. The van der Waals surface area contributed by atoms with Crippen LogP contribution >= 0.6 is 11.6 Å². The van der Waals surface area contributed by atoms with Crippen molar-refractivity contribution in [1.29, 1.82) is 0 Å². The molecule has 1 aromatic carbocycles. The number of hydrogen-bond acceptors (Lipinski definition) is 5. The summed E-state index contributed by atoms with van der Waals surface area (Å²) < 4.78 is 20.2. The number of nitrogens with one attached hydrogen (secondary N) is 2. The SMILES string of the molecule is C[C@@H]1[C@H](C)CCC[C@@H]1NC(=O)[C@@H]1N(CCN2CCCCC2)C(=O)[C@@H]2[C@H](C(=O)Nc3ccc(F)c(Cl)c3)[C@@H]3C=C[C@]21O3. The van der Waals surface area contributed by atoms with Gasteiger partial charge in [-0.15, -0.1) is 0 Å². The van der Waals surface area contributed by atoms with Gasteiger partial charge in [-0.2, -0.15) is 0 Å². The van der Waals surface area contributed by atoms with Gasteiger partial charge in [-0.05, 0) is 62.4 Å². The lowest BCUT2D eigenvalue weighted by Crippen LogP contribution is -2.58. The van der Waals surface area contributed by atoms with Crippen molar-refractivity contribution < 1.29 is 23.5 Å². The van der Waals surface area contributed by atoms with Crippen LogP contribution in [0, 0.1) is 29.5 Å². The molecule has 1 aliphatic carbocycles. The van der Waals surface area contributed by atoms with Crippen LogP contribution in [-0.2, 0) is 19.1 Å². The summed E-state index contributed by atoms with van der Waals surface area (Å²) in [5, 5.41) is 6.00. The van der Waals surface area contributed by atoms with Crippen molar-refractivity contribution in [1.82, 2.24) is 15.1 Å². The Morgan fingerprint density at radius 1 is 1.10 bits per heavy atom. The summed E-state index contributed by atoms with van der Waals surface area (Å²) in [7, 11) is 0. The largest absolute Gasteiger partial charge is 0.359 e. The maximum absolute atomic E-state index is 14.2. The van der Waals surface area contributed by atoms with Gasteiger partial charge in [0, 0.05) is 24.8 Å². The maximum atomic E-state index is 14.2. The van der Waals surface area contributed by atoms with Crippen LogP contribution < -0.4 is 10.6 Å². The first-order valence-electron chi connectivity index (χ1n) is 15.2. The summed E-state index contributed by atoms with van der Waals surface area (Å²) in [5.74, 6) is -2.23. The van der Waals surface area contributed by atoms with Gasteiger partial charge >= 0.3 is 0 Å². The normalized spacial score (nSPS) is 36.4. The van der Waals surface area contributed by atoms with Crippen molar-refractivity contribution in [2.45, 2.75) is 76.2 Å². The van der Waals surface area contributed by atoms with Gasteiger partial charge in [0.15, 0.2) is 0 Å². The van der Waals surface area contributed by atoms with E-state index in [1.165, 1.54) is 24.6 Å². The molecule has 1 spiro atoms. The molecule has 8 atom stereocenters. The van der Waals surface area contributed by atoms with Gasteiger partial charge in [0.25, 0.3) is 0 Å². The molecule has 6 rings (SSSR count). The van der Waals surface area contributed by atoms with E-state index in [0.717, 1.165) is 45.2 Å². The van der Waals surface area contributed by atoms with Crippen molar-refractivity contribution in [3.8, 4) is 0 Å². The molecule has 8 nitrogen and oxygen atoms in total. The second-order valence-electron chi connectivity index (χ2n) is 12.6. The molecule has 5 aliphatic rings. The van der Waals surface area contributed by atoms with Gasteiger partial charge in [0.2, 0.25) is 17.7 Å². The van der Waals surface area contributed by atoms with Gasteiger partial charge in [-0.25, -0.2) is 4.39 Å². The van der Waals surface area contributed by atoms with E-state index in [4.69, 9.17) is 16.3 Å². The Balaban J connectivity index is 1.27. The van der Waals surface area contributed by atoms with Gasteiger partial charge in [-0.1, -0.05) is 56.9 Å². The van der Waals surface area contributed by atoms with E-state index in [-0.39, 0.29) is 22.9 Å². The van der Waals surface area contributed by atoms with Crippen LogP contribution in [0.5, 0.6) is 0 Å². The summed E-state index contributed by atoms with van der Waals surface area (Å²) in [5.41, 5.74) is -0.871. The number of benzene rings is 1. The fraction of sp³-hybridized carbons (Fsp3) is 0.645. The van der Waals surface area contributed by atoms with Gasteiger partial charge in [-0.3, -0.25) is 14.4 Å². The van der Waals surface area contributed by atoms with E-state index in [2.05, 4.69) is 29.4 Å². The van der Waals surface area contributed by atoms with Crippen molar-refractivity contribution >= 4 is 35.0 Å². The molecule has 222 valence electrons. The predicted molar refractivity (Wildman–Crippen MR) is 154 cm³/mol. The second kappa shape index (κ2) is 11.3. The van der Waals surface area contributed by atoms with Crippen LogP contribution in [0.3, 0.4) is 0 Å². The highest BCUT2D eigenvalue weighted by Crippen LogP contribution is 2.55. The average Bonchev–Trinajstić information content (AvgIpc) is 3.60. The molecule has 0 unspecified atom stereocenters. The molecule has 0 aromatic heterocycles. The second-order valence-corrected chi connectivity index (χ2v) is 13.0. The maximum Gasteiger partial charge on any atom is 0.246 e. The van der Waals surface area contributed by atoms with Gasteiger partial charge in [0.1, 0.15) is 17.5 Å². The molecule has 1 aromatic rings. The van der Waals surface area contributed by atoms with Crippen LogP contribution in [0.25, 0.3) is 0 Å². The molecule has 2 bridgehead atoms. The third kappa shape index (κ3) is 5.08. The lowest BCUT2D eigenvalue weighted by Gasteiger charge is -2.38. The number of halogens is 2. The number of nitrogens with zero attached hydrogens (tertiary/aromatic N) is 2. The standard InChI is InChI=1S/C31H40ClFN4O4/c1-18-7-6-8-23(19(18)2)35-29(39)27-31-12-11-24(41-31)25(28(38)34-20-9-10-22(33)21(32)17-20)26(31)30(40)37(27)16-15-36-13-4-3-5-14-36/h9-12,17-19,23-27H,3-8,13-16H2,1-2H3,(H,34,38)(H,35,39)/t18-,19-,23+,24+,25-,26+,27+,31+/m1/s1. The van der Waals surface area contributed by atoms with Crippen LogP contribution in [0.1, 0.15) is 52.4 Å². The average molecular weight is 587 g/mol. The third-order valence-electron chi connectivity index (χ3n) is 10.3. The Labute approximate surface area is 246 Å². The number of likely N-dealkylation sites (tertiary alicyclic amines) is 2. The fourth-order valence-corrected chi connectivity index (χ4v) is 7.97. The fourth-order valence-electron chi connectivity index (χ4n) is 7.79. The number of piperidine rings is 1.